The summed E-state index contributed by atoms with van der Waals surface area (Å²) in [4.78, 5) is 27.7. The number of rotatable bonds is 4. The van der Waals surface area contributed by atoms with Crippen LogP contribution in [-0.4, -0.2) is 29.8 Å². The summed E-state index contributed by atoms with van der Waals surface area (Å²) >= 11 is 0. The van der Waals surface area contributed by atoms with Crippen LogP contribution in [0.25, 0.3) is 6.08 Å². The summed E-state index contributed by atoms with van der Waals surface area (Å²) < 4.78 is 0. The van der Waals surface area contributed by atoms with Gasteiger partial charge in [-0.2, -0.15) is 5.26 Å². The maximum atomic E-state index is 11.8. The van der Waals surface area contributed by atoms with Crippen LogP contribution in [0.3, 0.4) is 0 Å². The van der Waals surface area contributed by atoms with Gasteiger partial charge in [0.25, 0.3) is 5.56 Å². The molecule has 0 amide bonds. The van der Waals surface area contributed by atoms with Crippen LogP contribution in [-0.2, 0) is 0 Å². The van der Waals surface area contributed by atoms with E-state index < -0.39 is 5.56 Å². The minimum absolute atomic E-state index is 0.0474. The van der Waals surface area contributed by atoms with E-state index in [1.54, 1.807) is 30.2 Å². The van der Waals surface area contributed by atoms with Crippen molar-refractivity contribution < 1.29 is 4.79 Å². The Morgan fingerprint density at radius 3 is 2.72 bits per heavy atom. The highest BCUT2D eigenvalue weighted by molar-refractivity contribution is 5.98. The maximum absolute atomic E-state index is 11.8. The number of carbonyl (C=O) groups is 1. The van der Waals surface area contributed by atoms with Crippen molar-refractivity contribution in [3.63, 3.8) is 0 Å². The molecule has 0 aliphatic rings. The Morgan fingerprint density at radius 1 is 1.56 bits per heavy atom. The van der Waals surface area contributed by atoms with Gasteiger partial charge < -0.3 is 9.88 Å². The highest BCUT2D eigenvalue weighted by Crippen LogP contribution is 2.11. The first kappa shape index (κ1) is 13.7. The molecule has 0 aromatic carbocycles. The van der Waals surface area contributed by atoms with E-state index in [0.717, 1.165) is 0 Å². The van der Waals surface area contributed by atoms with Crippen molar-refractivity contribution in [2.45, 2.75) is 13.3 Å². The van der Waals surface area contributed by atoms with Crippen molar-refractivity contribution >= 4 is 11.9 Å². The number of nitriles is 1. The Bertz CT molecular complexity index is 577. The van der Waals surface area contributed by atoms with Gasteiger partial charge in [-0.3, -0.25) is 9.59 Å². The van der Waals surface area contributed by atoms with Crippen LogP contribution in [0.5, 0.6) is 0 Å². The summed E-state index contributed by atoms with van der Waals surface area (Å²) in [6.07, 6.45) is 3.69. The molecule has 94 valence electrons. The molecule has 0 unspecified atom stereocenters. The van der Waals surface area contributed by atoms with Crippen molar-refractivity contribution in [1.82, 2.24) is 9.88 Å². The maximum Gasteiger partial charge on any atom is 0.266 e. The predicted octanol–water partition coefficient (Wildman–Crippen LogP) is 1.37. The lowest BCUT2D eigenvalue weighted by atomic mass is 10.0. The van der Waals surface area contributed by atoms with Crippen LogP contribution < -0.4 is 5.56 Å². The summed E-state index contributed by atoms with van der Waals surface area (Å²) in [5.41, 5.74) is 0.267. The predicted molar refractivity (Wildman–Crippen MR) is 69.1 cm³/mol. The second kappa shape index (κ2) is 5.82. The number of Topliss-reactive ketones (excluding diaryl/α,β-unsaturated/α-hetero) is 1. The van der Waals surface area contributed by atoms with Crippen molar-refractivity contribution in [3.8, 4) is 6.07 Å². The number of aromatic nitrogens is 1. The molecule has 0 saturated carbocycles. The summed E-state index contributed by atoms with van der Waals surface area (Å²) in [5, 5.41) is 8.80. The normalized spacial score (nSPS) is 10.3. The second-order valence-electron chi connectivity index (χ2n) is 4.01. The molecule has 1 rings (SSSR count). The molecule has 18 heavy (non-hydrogen) atoms. The lowest BCUT2D eigenvalue weighted by Gasteiger charge is -2.07. The first-order chi connectivity index (χ1) is 8.49. The van der Waals surface area contributed by atoms with Crippen LogP contribution >= 0.6 is 0 Å². The number of H-pyrrole nitrogens is 1. The second-order valence-corrected chi connectivity index (χ2v) is 4.01. The molecule has 0 aliphatic carbocycles. The van der Waals surface area contributed by atoms with Gasteiger partial charge in [0.1, 0.15) is 11.6 Å². The Labute approximate surface area is 105 Å². The molecule has 0 spiro atoms. The zero-order valence-electron chi connectivity index (χ0n) is 10.7. The third-order valence-electron chi connectivity index (χ3n) is 2.35. The summed E-state index contributed by atoms with van der Waals surface area (Å²) in [6.45, 7) is 1.74. The standard InChI is InChI=1S/C13H15N3O2/c1-4-12(17)10-7-9(8-14)13(18)15-11(10)5-6-16(2)3/h5-7H,4H2,1-3H3,(H,15,18)/b6-5+. The molecule has 1 heterocycles. The molecule has 1 aromatic heterocycles. The number of aromatic amines is 1. The van der Waals surface area contributed by atoms with E-state index in [1.165, 1.54) is 6.07 Å². The van der Waals surface area contributed by atoms with Crippen molar-refractivity contribution in [2.75, 3.05) is 14.1 Å². The van der Waals surface area contributed by atoms with Crippen LogP contribution in [0.4, 0.5) is 0 Å². The van der Waals surface area contributed by atoms with Crippen molar-refractivity contribution in [3.05, 3.63) is 39.4 Å². The van der Waals surface area contributed by atoms with Gasteiger partial charge >= 0.3 is 0 Å². The molecule has 5 nitrogen and oxygen atoms in total. The zero-order valence-corrected chi connectivity index (χ0v) is 10.7. The number of nitrogens with one attached hydrogen (secondary N) is 1. The molecule has 0 atom stereocenters. The molecule has 0 saturated heterocycles. The fraction of sp³-hybridized carbons (Fsp3) is 0.308. The minimum Gasteiger partial charge on any atom is -0.383 e. The molecular weight excluding hydrogens is 230 g/mol. The minimum atomic E-state index is -0.483. The summed E-state index contributed by atoms with van der Waals surface area (Å²) in [6, 6.07) is 3.12. The molecule has 5 heteroatoms. The quantitative estimate of drug-likeness (QED) is 0.813. The number of hydrogen-bond acceptors (Lipinski definition) is 4. The SMILES string of the molecule is CCC(=O)c1cc(C#N)c(=O)[nH]c1/C=C/N(C)C. The van der Waals surface area contributed by atoms with Gasteiger partial charge in [-0.1, -0.05) is 6.92 Å². The molecule has 1 N–H and O–H groups in total. The smallest absolute Gasteiger partial charge is 0.266 e. The molecule has 0 aliphatic heterocycles. The third-order valence-corrected chi connectivity index (χ3v) is 2.35. The van der Waals surface area contributed by atoms with Gasteiger partial charge in [-0.15, -0.1) is 0 Å². The van der Waals surface area contributed by atoms with Crippen LogP contribution in [0.1, 0.15) is 35.0 Å². The number of hydrogen-bond donors (Lipinski definition) is 1. The Hall–Kier alpha value is -2.35. The average Bonchev–Trinajstić information content (AvgIpc) is 2.35. The largest absolute Gasteiger partial charge is 0.383 e. The van der Waals surface area contributed by atoms with Gasteiger partial charge in [0.15, 0.2) is 5.78 Å². The number of ketones is 1. The lowest BCUT2D eigenvalue weighted by molar-refractivity contribution is 0.0987. The number of carbonyl (C=O) groups excluding carboxylic acids is 1. The molecular formula is C13H15N3O2. The van der Waals surface area contributed by atoms with E-state index in [1.807, 2.05) is 14.1 Å². The van der Waals surface area contributed by atoms with Gasteiger partial charge in [-0.05, 0) is 12.1 Å². The van der Waals surface area contributed by atoms with E-state index in [9.17, 15) is 9.59 Å². The van der Waals surface area contributed by atoms with E-state index in [4.69, 9.17) is 5.26 Å². The van der Waals surface area contributed by atoms with Crippen molar-refractivity contribution in [1.29, 1.82) is 5.26 Å². The molecule has 1 aromatic rings. The first-order valence-electron chi connectivity index (χ1n) is 5.54. The van der Waals surface area contributed by atoms with Crippen molar-refractivity contribution in [2.24, 2.45) is 0 Å². The first-order valence-corrected chi connectivity index (χ1v) is 5.54. The lowest BCUT2D eigenvalue weighted by Crippen LogP contribution is -2.16. The fourth-order valence-corrected chi connectivity index (χ4v) is 1.40. The van der Waals surface area contributed by atoms with Crippen LogP contribution in [0.15, 0.2) is 17.1 Å². The number of pyridine rings is 1. The average molecular weight is 245 g/mol. The van der Waals surface area contributed by atoms with Gasteiger partial charge in [0.05, 0.1) is 5.69 Å². The Morgan fingerprint density at radius 2 is 2.22 bits per heavy atom. The fourth-order valence-electron chi connectivity index (χ4n) is 1.40. The molecule has 0 radical (unpaired) electrons. The van der Waals surface area contributed by atoms with Gasteiger partial charge in [0.2, 0.25) is 0 Å². The monoisotopic (exact) mass is 245 g/mol. The highest BCUT2D eigenvalue weighted by atomic mass is 16.1. The summed E-state index contributed by atoms with van der Waals surface area (Å²) in [5.74, 6) is -0.110. The highest BCUT2D eigenvalue weighted by Gasteiger charge is 2.12. The number of nitrogens with zero attached hydrogens (tertiary/aromatic N) is 2. The third kappa shape index (κ3) is 3.08. The van der Waals surface area contributed by atoms with E-state index in [2.05, 4.69) is 4.98 Å². The Balaban J connectivity index is 3.40. The summed E-state index contributed by atoms with van der Waals surface area (Å²) in [7, 11) is 3.67. The molecule has 0 bridgehead atoms. The molecule has 0 fully saturated rings. The van der Waals surface area contributed by atoms with E-state index in [0.29, 0.717) is 17.7 Å². The Kier molecular flexibility index (Phi) is 4.44. The topological polar surface area (TPSA) is 77.0 Å². The van der Waals surface area contributed by atoms with E-state index in [-0.39, 0.29) is 11.3 Å². The van der Waals surface area contributed by atoms with Crippen LogP contribution in [0.2, 0.25) is 0 Å². The zero-order chi connectivity index (χ0) is 13.7. The van der Waals surface area contributed by atoms with Gasteiger partial charge in [0, 0.05) is 32.3 Å². The van der Waals surface area contributed by atoms with Gasteiger partial charge in [-0.25, -0.2) is 0 Å². The van der Waals surface area contributed by atoms with Crippen LogP contribution in [0, 0.1) is 11.3 Å². The van der Waals surface area contributed by atoms with E-state index >= 15 is 0 Å².